The third-order valence-corrected chi connectivity index (χ3v) is 2.55. The first-order valence-corrected chi connectivity index (χ1v) is 4.64. The molecule has 14 heavy (non-hydrogen) atoms. The molecule has 0 heterocycles. The predicted molar refractivity (Wildman–Crippen MR) is 49.5 cm³/mol. The van der Waals surface area contributed by atoms with Gasteiger partial charge in [-0.05, 0) is 18.8 Å². The average molecular weight is 199 g/mol. The lowest BCUT2D eigenvalue weighted by molar-refractivity contribution is -0.526. The molecule has 0 atom stereocenters. The predicted octanol–water partition coefficient (Wildman–Crippen LogP) is 1.46. The van der Waals surface area contributed by atoms with Crippen LogP contribution in [0, 0.1) is 16.0 Å². The lowest BCUT2D eigenvalue weighted by atomic mass is 9.86. The van der Waals surface area contributed by atoms with E-state index in [1.165, 1.54) is 0 Å². The Labute approximate surface area is 81.6 Å². The van der Waals surface area contributed by atoms with Gasteiger partial charge in [-0.3, -0.25) is 10.1 Å². The number of carboxylic acids is 1. The highest BCUT2D eigenvalue weighted by molar-refractivity contribution is 5.79. The minimum atomic E-state index is -0.957. The lowest BCUT2D eigenvalue weighted by Crippen LogP contribution is -2.25. The van der Waals surface area contributed by atoms with Gasteiger partial charge in [-0.25, -0.2) is 4.79 Å². The first-order valence-electron chi connectivity index (χ1n) is 4.64. The number of rotatable bonds is 3. The van der Waals surface area contributed by atoms with Crippen molar-refractivity contribution in [2.75, 3.05) is 0 Å². The molecule has 0 amide bonds. The minimum Gasteiger partial charge on any atom is -0.478 e. The molecule has 1 fully saturated rings. The van der Waals surface area contributed by atoms with Crippen molar-refractivity contribution in [2.45, 2.75) is 31.7 Å². The molecule has 0 unspecified atom stereocenters. The number of aliphatic carboxylic acids is 1. The molecule has 0 aliphatic heterocycles. The summed E-state index contributed by atoms with van der Waals surface area (Å²) in [7, 11) is 0. The van der Waals surface area contributed by atoms with Crippen LogP contribution in [-0.2, 0) is 4.79 Å². The molecule has 1 rings (SSSR count). The van der Waals surface area contributed by atoms with Gasteiger partial charge >= 0.3 is 5.97 Å². The highest BCUT2D eigenvalue weighted by Crippen LogP contribution is 2.26. The van der Waals surface area contributed by atoms with E-state index < -0.39 is 12.0 Å². The summed E-state index contributed by atoms with van der Waals surface area (Å²) in [6.45, 7) is 0. The third-order valence-electron chi connectivity index (χ3n) is 2.55. The van der Waals surface area contributed by atoms with Crippen molar-refractivity contribution in [1.29, 1.82) is 0 Å². The van der Waals surface area contributed by atoms with Gasteiger partial charge in [0.1, 0.15) is 0 Å². The molecular weight excluding hydrogens is 186 g/mol. The quantitative estimate of drug-likeness (QED) is 0.424. The van der Waals surface area contributed by atoms with Crippen molar-refractivity contribution >= 4 is 5.97 Å². The Morgan fingerprint density at radius 2 is 1.93 bits per heavy atom. The zero-order valence-corrected chi connectivity index (χ0v) is 7.76. The minimum absolute atomic E-state index is 0.197. The van der Waals surface area contributed by atoms with Crippen LogP contribution in [0.2, 0.25) is 0 Å². The van der Waals surface area contributed by atoms with E-state index in [1.807, 2.05) is 0 Å². The van der Waals surface area contributed by atoms with E-state index >= 15 is 0 Å². The van der Waals surface area contributed by atoms with Crippen LogP contribution in [-0.4, -0.2) is 22.0 Å². The monoisotopic (exact) mass is 199 g/mol. The summed E-state index contributed by atoms with van der Waals surface area (Å²) < 4.78 is 0. The zero-order valence-electron chi connectivity index (χ0n) is 7.76. The van der Waals surface area contributed by atoms with E-state index in [2.05, 4.69) is 0 Å². The SMILES string of the molecule is O=C(O)/C=C/C1CCC([N+](=O)[O-])CC1. The Hall–Kier alpha value is -1.39. The Morgan fingerprint density at radius 1 is 1.36 bits per heavy atom. The van der Waals surface area contributed by atoms with Gasteiger partial charge in [0.25, 0.3) is 0 Å². The molecule has 0 aromatic carbocycles. The standard InChI is InChI=1S/C9H13NO4/c11-9(12)6-3-7-1-4-8(5-2-7)10(13)14/h3,6-8H,1-2,4-5H2,(H,11,12)/b6-3+. The molecule has 0 saturated heterocycles. The molecule has 78 valence electrons. The van der Waals surface area contributed by atoms with E-state index in [-0.39, 0.29) is 10.8 Å². The van der Waals surface area contributed by atoms with Crippen molar-refractivity contribution < 1.29 is 14.8 Å². The summed E-state index contributed by atoms with van der Waals surface area (Å²) in [6, 6.07) is -0.426. The number of nitrogens with zero attached hydrogens (tertiary/aromatic N) is 1. The highest BCUT2D eigenvalue weighted by Gasteiger charge is 2.26. The number of nitro groups is 1. The Morgan fingerprint density at radius 3 is 2.36 bits per heavy atom. The van der Waals surface area contributed by atoms with Gasteiger partial charge in [0.2, 0.25) is 6.04 Å². The van der Waals surface area contributed by atoms with Crippen LogP contribution >= 0.6 is 0 Å². The molecule has 5 nitrogen and oxygen atoms in total. The van der Waals surface area contributed by atoms with Crippen molar-refractivity contribution in [2.24, 2.45) is 5.92 Å². The topological polar surface area (TPSA) is 80.4 Å². The summed E-state index contributed by atoms with van der Waals surface area (Å²) in [6.07, 6.45) is 5.31. The molecule has 1 N–H and O–H groups in total. The number of carbonyl (C=O) groups is 1. The van der Waals surface area contributed by atoms with Crippen LogP contribution in [0.4, 0.5) is 0 Å². The molecule has 0 aromatic heterocycles. The summed E-state index contributed by atoms with van der Waals surface area (Å²) in [5.41, 5.74) is 0. The molecule has 1 saturated carbocycles. The van der Waals surface area contributed by atoms with Gasteiger partial charge < -0.3 is 5.11 Å². The molecule has 5 heteroatoms. The molecule has 0 bridgehead atoms. The number of hydrogen-bond donors (Lipinski definition) is 1. The molecule has 0 aromatic rings. The first-order chi connectivity index (χ1) is 6.59. The van der Waals surface area contributed by atoms with E-state index in [4.69, 9.17) is 5.11 Å². The van der Waals surface area contributed by atoms with Crippen LogP contribution in [0.15, 0.2) is 12.2 Å². The van der Waals surface area contributed by atoms with E-state index in [0.717, 1.165) is 18.9 Å². The first kappa shape index (κ1) is 10.7. The Kier molecular flexibility index (Phi) is 3.62. The lowest BCUT2D eigenvalue weighted by Gasteiger charge is -2.20. The maximum absolute atomic E-state index is 10.4. The highest BCUT2D eigenvalue weighted by atomic mass is 16.6. The van der Waals surface area contributed by atoms with E-state index in [9.17, 15) is 14.9 Å². The fraction of sp³-hybridized carbons (Fsp3) is 0.667. The van der Waals surface area contributed by atoms with Crippen molar-refractivity contribution in [1.82, 2.24) is 0 Å². The van der Waals surface area contributed by atoms with Crippen molar-refractivity contribution in [3.8, 4) is 0 Å². The summed E-state index contributed by atoms with van der Waals surface area (Å²) in [4.78, 5) is 20.4. The second kappa shape index (κ2) is 4.74. The molecule has 1 aliphatic carbocycles. The Bertz CT molecular complexity index is 254. The van der Waals surface area contributed by atoms with Gasteiger partial charge in [0, 0.05) is 23.8 Å². The van der Waals surface area contributed by atoms with Gasteiger partial charge in [-0.2, -0.15) is 0 Å². The number of carboxylic acid groups (broad SMARTS) is 1. The number of allylic oxidation sites excluding steroid dienone is 1. The largest absolute Gasteiger partial charge is 0.478 e. The van der Waals surface area contributed by atoms with Crippen molar-refractivity contribution in [3.05, 3.63) is 22.3 Å². The fourth-order valence-electron chi connectivity index (χ4n) is 1.72. The molecular formula is C9H13NO4. The number of hydrogen-bond acceptors (Lipinski definition) is 3. The summed E-state index contributed by atoms with van der Waals surface area (Å²) in [5, 5.41) is 18.8. The molecule has 0 spiro atoms. The van der Waals surface area contributed by atoms with Gasteiger partial charge in [0.15, 0.2) is 0 Å². The summed E-state index contributed by atoms with van der Waals surface area (Å²) in [5.74, 6) is -0.760. The normalized spacial score (nSPS) is 27.7. The fourth-order valence-corrected chi connectivity index (χ4v) is 1.72. The van der Waals surface area contributed by atoms with Crippen molar-refractivity contribution in [3.63, 3.8) is 0 Å². The smallest absolute Gasteiger partial charge is 0.327 e. The van der Waals surface area contributed by atoms with E-state index in [1.54, 1.807) is 6.08 Å². The van der Waals surface area contributed by atoms with Gasteiger partial charge in [-0.15, -0.1) is 0 Å². The van der Waals surface area contributed by atoms with Gasteiger partial charge in [0.05, 0.1) is 0 Å². The molecule has 0 radical (unpaired) electrons. The molecule has 1 aliphatic rings. The van der Waals surface area contributed by atoms with Crippen LogP contribution in [0.3, 0.4) is 0 Å². The maximum atomic E-state index is 10.4. The van der Waals surface area contributed by atoms with Crippen LogP contribution in [0.1, 0.15) is 25.7 Å². The second-order valence-electron chi connectivity index (χ2n) is 3.55. The van der Waals surface area contributed by atoms with Crippen LogP contribution in [0.5, 0.6) is 0 Å². The van der Waals surface area contributed by atoms with E-state index in [0.29, 0.717) is 12.8 Å². The zero-order chi connectivity index (χ0) is 10.6. The van der Waals surface area contributed by atoms with Gasteiger partial charge in [-0.1, -0.05) is 6.08 Å². The average Bonchev–Trinajstić information content (AvgIpc) is 2.15. The Balaban J connectivity index is 2.36. The summed E-state index contributed by atoms with van der Waals surface area (Å²) >= 11 is 0. The van der Waals surface area contributed by atoms with Crippen LogP contribution in [0.25, 0.3) is 0 Å². The second-order valence-corrected chi connectivity index (χ2v) is 3.55. The maximum Gasteiger partial charge on any atom is 0.327 e. The van der Waals surface area contributed by atoms with Crippen LogP contribution < -0.4 is 0 Å². The third kappa shape index (κ3) is 3.16.